The molecule has 0 aromatic heterocycles. The first-order valence-electron chi connectivity index (χ1n) is 22.8. The number of carbonyl (C=O) groups is 7. The lowest BCUT2D eigenvalue weighted by Gasteiger charge is -2.68. The minimum absolute atomic E-state index is 0.127. The molecule has 6 rings (SSSR count). The second-order valence-electron chi connectivity index (χ2n) is 20.3. The number of esters is 4. The van der Waals surface area contributed by atoms with Gasteiger partial charge in [-0.1, -0.05) is 82.3 Å². The Morgan fingerprint density at radius 1 is 0.896 bits per heavy atom. The van der Waals surface area contributed by atoms with Crippen LogP contribution in [0.1, 0.15) is 125 Å². The molecule has 0 spiro atoms. The normalized spacial score (nSPS) is 30.9. The fourth-order valence-electron chi connectivity index (χ4n) is 10.9. The van der Waals surface area contributed by atoms with Crippen LogP contribution in [0.2, 0.25) is 0 Å². The fraction of sp³-hybridized carbons (Fsp3) is 0.558. The highest BCUT2D eigenvalue weighted by atomic mass is 16.6. The predicted molar refractivity (Wildman–Crippen MR) is 243 cm³/mol. The van der Waals surface area contributed by atoms with Gasteiger partial charge in [0.15, 0.2) is 17.5 Å². The third-order valence-electron chi connectivity index (χ3n) is 14.7. The van der Waals surface area contributed by atoms with Crippen molar-refractivity contribution >= 4 is 41.7 Å². The van der Waals surface area contributed by atoms with Gasteiger partial charge < -0.3 is 33.5 Å². The van der Waals surface area contributed by atoms with E-state index in [0.717, 1.165) is 11.8 Å². The molecule has 2 amide bonds. The number of ether oxygens (including phenoxy) is 6. The highest BCUT2D eigenvalue weighted by molar-refractivity contribution is 6.03. The van der Waals surface area contributed by atoms with Gasteiger partial charge in [-0.2, -0.15) is 0 Å². The van der Waals surface area contributed by atoms with Crippen LogP contribution in [0.25, 0.3) is 0 Å². The molecule has 1 unspecified atom stereocenters. The van der Waals surface area contributed by atoms with E-state index < -0.39 is 124 Å². The third kappa shape index (κ3) is 8.85. The number of nitrogens with zero attached hydrogens (tertiary/aromatic N) is 1. The third-order valence-corrected chi connectivity index (χ3v) is 14.7. The zero-order chi connectivity index (χ0) is 49.8. The van der Waals surface area contributed by atoms with Gasteiger partial charge in [-0.05, 0) is 89.6 Å². The Morgan fingerprint density at radius 2 is 1.49 bits per heavy atom. The van der Waals surface area contributed by atoms with Crippen LogP contribution in [0.3, 0.4) is 0 Å². The molecule has 15 heteroatoms. The second-order valence-corrected chi connectivity index (χ2v) is 20.3. The minimum atomic E-state index is -2.28. The number of hydrogen-bond donors (Lipinski definition) is 1. The molecular formula is C52H65NO14. The monoisotopic (exact) mass is 927 g/mol. The van der Waals surface area contributed by atoms with E-state index in [0.29, 0.717) is 5.56 Å². The maximum Gasteiger partial charge on any atom is 0.417 e. The summed E-state index contributed by atoms with van der Waals surface area (Å²) in [6.45, 7) is 20.2. The quantitative estimate of drug-likeness (QED) is 0.106. The van der Waals surface area contributed by atoms with E-state index in [1.54, 1.807) is 117 Å². The lowest BCUT2D eigenvalue weighted by molar-refractivity contribution is -0.340. The van der Waals surface area contributed by atoms with Crippen molar-refractivity contribution in [2.75, 3.05) is 6.61 Å². The van der Waals surface area contributed by atoms with Crippen molar-refractivity contribution in [1.82, 2.24) is 4.90 Å². The summed E-state index contributed by atoms with van der Waals surface area (Å²) in [6.07, 6.45) is -5.17. The van der Waals surface area contributed by atoms with E-state index in [-0.39, 0.29) is 35.3 Å². The summed E-state index contributed by atoms with van der Waals surface area (Å²) in [7, 11) is 0. The molecule has 4 aliphatic rings. The minimum Gasteiger partial charge on any atom is -0.457 e. The topological polar surface area (TPSA) is 198 Å². The summed E-state index contributed by atoms with van der Waals surface area (Å²) in [6, 6.07) is 15.3. The highest BCUT2D eigenvalue weighted by Gasteiger charge is 2.77. The largest absolute Gasteiger partial charge is 0.457 e. The van der Waals surface area contributed by atoms with Gasteiger partial charge in [0.25, 0.3) is 5.91 Å². The van der Waals surface area contributed by atoms with Crippen LogP contribution < -0.4 is 0 Å². The number of benzene rings is 2. The number of rotatable bonds is 10. The lowest BCUT2D eigenvalue weighted by atomic mass is 9.43. The molecule has 2 aromatic carbocycles. The molecule has 362 valence electrons. The Bertz CT molecular complexity index is 2370. The molecule has 11 atom stereocenters. The van der Waals surface area contributed by atoms with Gasteiger partial charge in [-0.25, -0.2) is 14.5 Å². The Hall–Kier alpha value is -5.67. The first kappa shape index (κ1) is 50.7. The van der Waals surface area contributed by atoms with E-state index >= 15 is 9.59 Å². The fourth-order valence-corrected chi connectivity index (χ4v) is 10.9. The van der Waals surface area contributed by atoms with E-state index in [4.69, 9.17) is 28.4 Å². The van der Waals surface area contributed by atoms with Crippen molar-refractivity contribution in [3.05, 3.63) is 94.6 Å². The number of imide groups is 1. The summed E-state index contributed by atoms with van der Waals surface area (Å²) in [5, 5.41) is 13.9. The number of aliphatic hydroxyl groups is 1. The molecule has 15 nitrogen and oxygen atoms in total. The maximum atomic E-state index is 15.8. The summed E-state index contributed by atoms with van der Waals surface area (Å²) in [5.74, 6) is -7.77. The number of fused-ring (bicyclic) bond motifs is 5. The van der Waals surface area contributed by atoms with Crippen molar-refractivity contribution in [3.8, 4) is 0 Å². The first-order valence-corrected chi connectivity index (χ1v) is 22.8. The molecule has 1 heterocycles. The standard InChI is InChI=1S/C52H65NO14/c1-14-28(2)44(57)53(47(60)67-48(8,9)10)39(34-21-17-15-18-22-34)31(5)45(58)64-36-26-52(61)43(65-46(59)35-23-19-16-20-24-35)41-50(13,29(3)25-37-51(41,27-62-37)66-33(7)55)42(56)40(63-32(6)54)38(30(36)4)49(52,11)12/h14-24,29,31,36-37,39-41,43,61H,25-27H2,1-13H3/b28-14+/t29-,31+,36-,37+,39?,40+,41-,43-,50+,51-,52+/m0/s1. The van der Waals surface area contributed by atoms with Gasteiger partial charge in [-0.15, -0.1) is 0 Å². The second kappa shape index (κ2) is 18.4. The maximum absolute atomic E-state index is 15.8. The molecule has 2 aromatic rings. The van der Waals surface area contributed by atoms with E-state index in [2.05, 4.69) is 0 Å². The highest BCUT2D eigenvalue weighted by Crippen LogP contribution is 2.65. The molecule has 2 saturated carbocycles. The van der Waals surface area contributed by atoms with Crippen LogP contribution in [0, 0.1) is 28.6 Å². The van der Waals surface area contributed by atoms with E-state index in [1.165, 1.54) is 26.0 Å². The number of carbonyl (C=O) groups excluding carboxylic acids is 7. The Balaban J connectivity index is 1.57. The number of amides is 2. The molecule has 0 radical (unpaired) electrons. The van der Waals surface area contributed by atoms with Crippen LogP contribution in [-0.4, -0.2) is 99.5 Å². The Labute approximate surface area is 392 Å². The average molecular weight is 928 g/mol. The van der Waals surface area contributed by atoms with E-state index in [1.807, 2.05) is 6.92 Å². The van der Waals surface area contributed by atoms with Crippen molar-refractivity contribution in [1.29, 1.82) is 0 Å². The van der Waals surface area contributed by atoms with Gasteiger partial charge >= 0.3 is 30.0 Å². The van der Waals surface area contributed by atoms with Gasteiger partial charge in [-0.3, -0.25) is 24.0 Å². The molecule has 1 aliphatic heterocycles. The molecule has 67 heavy (non-hydrogen) atoms. The number of allylic oxidation sites excluding steroid dienone is 1. The summed E-state index contributed by atoms with van der Waals surface area (Å²) in [4.78, 5) is 101. The molecule has 3 fully saturated rings. The number of hydrogen-bond acceptors (Lipinski definition) is 14. The predicted octanol–water partition coefficient (Wildman–Crippen LogP) is 7.59. The first-order chi connectivity index (χ1) is 31.2. The molecule has 2 bridgehead atoms. The van der Waals surface area contributed by atoms with E-state index in [9.17, 15) is 29.1 Å². The van der Waals surface area contributed by atoms with Crippen molar-refractivity contribution in [2.45, 2.75) is 150 Å². The number of Topliss-reactive ketones (excluding diaryl/α,β-unsaturated/α-hetero) is 1. The molecular weight excluding hydrogens is 863 g/mol. The van der Waals surface area contributed by atoms with Crippen LogP contribution >= 0.6 is 0 Å². The van der Waals surface area contributed by atoms with Crippen molar-refractivity contribution in [2.24, 2.45) is 28.6 Å². The summed E-state index contributed by atoms with van der Waals surface area (Å²) >= 11 is 0. The van der Waals surface area contributed by atoms with Crippen LogP contribution in [0.15, 0.2) is 83.5 Å². The van der Waals surface area contributed by atoms with Crippen LogP contribution in [0.5, 0.6) is 0 Å². The summed E-state index contributed by atoms with van der Waals surface area (Å²) < 4.78 is 37.1. The SMILES string of the molecule is C/C=C(\C)C(=O)N(C(=O)OC(C)(C)C)C(c1ccccc1)[C@@H](C)C(=O)O[C@H]1C[C@@]2(O)[C@@H](OC(=O)c3ccccc3)[C@@H]3[C@]4(OC(C)=O)CO[C@@H]4C[C@H](C)[C@@]3(C)C(=O)[C@H](OC(C)=O)C(=C1C)C2(C)C. The zero-order valence-corrected chi connectivity index (χ0v) is 40.8. The molecule has 1 N–H and O–H groups in total. The summed E-state index contributed by atoms with van der Waals surface area (Å²) in [5.41, 5.74) is -6.98. The van der Waals surface area contributed by atoms with Crippen molar-refractivity contribution in [3.63, 3.8) is 0 Å². The van der Waals surface area contributed by atoms with Crippen molar-refractivity contribution < 1.29 is 67.1 Å². The Kier molecular flexibility index (Phi) is 14.0. The molecule has 1 saturated heterocycles. The van der Waals surface area contributed by atoms with Gasteiger partial charge in [0, 0.05) is 36.7 Å². The smallest absolute Gasteiger partial charge is 0.417 e. The lowest BCUT2D eigenvalue weighted by Crippen LogP contribution is -2.80. The molecule has 3 aliphatic carbocycles. The Morgan fingerprint density at radius 3 is 2.01 bits per heavy atom. The van der Waals surface area contributed by atoms with Crippen LogP contribution in [0.4, 0.5) is 4.79 Å². The average Bonchev–Trinajstić information content (AvgIpc) is 3.25. The number of ketones is 1. The zero-order valence-electron chi connectivity index (χ0n) is 40.8. The van der Waals surface area contributed by atoms with Gasteiger partial charge in [0.05, 0.1) is 30.0 Å². The van der Waals surface area contributed by atoms with Gasteiger partial charge in [0.2, 0.25) is 0 Å². The van der Waals surface area contributed by atoms with Crippen LogP contribution in [-0.2, 0) is 52.4 Å². The van der Waals surface area contributed by atoms with Gasteiger partial charge in [0.1, 0.15) is 29.5 Å².